The first-order chi connectivity index (χ1) is 12.8. The molecule has 6 nitrogen and oxygen atoms in total. The molecule has 2 aromatic heterocycles. The molecule has 1 atom stereocenters. The molecule has 1 amide bonds. The van der Waals surface area contributed by atoms with E-state index in [1.807, 2.05) is 45.2 Å². The van der Waals surface area contributed by atoms with E-state index in [0.717, 1.165) is 42.3 Å². The molecule has 1 saturated heterocycles. The molecule has 3 rings (SSSR count). The molecule has 0 bridgehead atoms. The predicted octanol–water partition coefficient (Wildman–Crippen LogP) is 4.59. The van der Waals surface area contributed by atoms with E-state index >= 15 is 0 Å². The van der Waals surface area contributed by atoms with E-state index in [1.165, 1.54) is 6.42 Å². The van der Waals surface area contributed by atoms with Crippen molar-refractivity contribution in [1.29, 1.82) is 0 Å². The number of oxazole rings is 1. The summed E-state index contributed by atoms with van der Waals surface area (Å²) >= 11 is 1.63. The molecule has 27 heavy (non-hydrogen) atoms. The Labute approximate surface area is 164 Å². The third kappa shape index (κ3) is 5.56. The largest absolute Gasteiger partial charge is 0.444 e. The quantitative estimate of drug-likeness (QED) is 0.807. The second-order valence-electron chi connectivity index (χ2n) is 8.00. The fourth-order valence-corrected chi connectivity index (χ4v) is 3.94. The second-order valence-corrected chi connectivity index (χ2v) is 8.95. The molecule has 7 heteroatoms. The number of aromatic nitrogens is 1. The number of nitrogens with zero attached hydrogens (tertiary/aromatic N) is 2. The van der Waals surface area contributed by atoms with Crippen LogP contribution < -0.4 is 5.32 Å². The highest BCUT2D eigenvalue weighted by atomic mass is 32.1. The number of alkyl carbamates (subject to hydrolysis) is 1. The summed E-state index contributed by atoms with van der Waals surface area (Å²) in [4.78, 5) is 20.1. The zero-order valence-electron chi connectivity index (χ0n) is 16.6. The number of hydrogen-bond acceptors (Lipinski definition) is 6. The Balaban J connectivity index is 1.61. The third-order valence-electron chi connectivity index (χ3n) is 4.61. The van der Waals surface area contributed by atoms with E-state index in [2.05, 4.69) is 10.2 Å². The molecule has 3 heterocycles. The summed E-state index contributed by atoms with van der Waals surface area (Å²) < 4.78 is 11.2. The van der Waals surface area contributed by atoms with Gasteiger partial charge < -0.3 is 14.5 Å². The third-order valence-corrected chi connectivity index (χ3v) is 5.47. The summed E-state index contributed by atoms with van der Waals surface area (Å²) in [6, 6.07) is 4.31. The van der Waals surface area contributed by atoms with Crippen LogP contribution in [0.3, 0.4) is 0 Å². The minimum Gasteiger partial charge on any atom is -0.444 e. The van der Waals surface area contributed by atoms with Gasteiger partial charge in [-0.2, -0.15) is 0 Å². The molecule has 0 saturated carbocycles. The molecule has 0 spiro atoms. The molecule has 0 aliphatic carbocycles. The Hall–Kier alpha value is -1.86. The number of likely N-dealkylation sites (tertiary alicyclic amines) is 1. The lowest BCUT2D eigenvalue weighted by atomic mass is 10.0. The minimum atomic E-state index is -0.480. The van der Waals surface area contributed by atoms with Crippen molar-refractivity contribution in [3.63, 3.8) is 0 Å². The van der Waals surface area contributed by atoms with Crippen LogP contribution in [-0.2, 0) is 11.3 Å². The number of carbonyl (C=O) groups excluding carboxylic acids is 1. The van der Waals surface area contributed by atoms with Crippen molar-refractivity contribution in [1.82, 2.24) is 15.2 Å². The van der Waals surface area contributed by atoms with Crippen molar-refractivity contribution in [2.24, 2.45) is 0 Å². The van der Waals surface area contributed by atoms with Crippen LogP contribution in [-0.4, -0.2) is 40.7 Å². The van der Waals surface area contributed by atoms with Gasteiger partial charge in [-0.15, -0.1) is 11.3 Å². The van der Waals surface area contributed by atoms with Crippen molar-refractivity contribution in [2.45, 2.75) is 65.1 Å². The molecule has 0 aromatic carbocycles. The molecule has 1 unspecified atom stereocenters. The van der Waals surface area contributed by atoms with Gasteiger partial charge in [-0.25, -0.2) is 9.78 Å². The molecular formula is C20H29N3O3S. The van der Waals surface area contributed by atoms with E-state index in [0.29, 0.717) is 12.4 Å². The lowest BCUT2D eigenvalue weighted by Crippen LogP contribution is -2.47. The van der Waals surface area contributed by atoms with E-state index in [4.69, 9.17) is 14.1 Å². The van der Waals surface area contributed by atoms with Crippen LogP contribution in [0, 0.1) is 6.92 Å². The molecule has 1 aliphatic rings. The molecule has 1 N–H and O–H groups in total. The van der Waals surface area contributed by atoms with Crippen molar-refractivity contribution in [2.75, 3.05) is 13.1 Å². The van der Waals surface area contributed by atoms with Crippen LogP contribution in [0.1, 0.15) is 51.5 Å². The van der Waals surface area contributed by atoms with Gasteiger partial charge in [0.25, 0.3) is 0 Å². The maximum atomic E-state index is 12.0. The first kappa shape index (κ1) is 19.9. The minimum absolute atomic E-state index is 0.285. The second kappa shape index (κ2) is 8.44. The Morgan fingerprint density at radius 3 is 2.96 bits per heavy atom. The highest BCUT2D eigenvalue weighted by Gasteiger charge is 2.26. The van der Waals surface area contributed by atoms with Crippen LogP contribution in [0.5, 0.6) is 0 Å². The number of rotatable bonds is 5. The standard InChI is InChI=1S/C20H29N3O3S/c1-14-16(22-18(25-14)17-9-7-11-27-17)13-23-10-6-5-8-15(23)12-21-19(24)26-20(2,3)4/h7,9,11,15H,5-6,8,10,12-13H2,1-4H3,(H,21,24). The smallest absolute Gasteiger partial charge is 0.407 e. The summed E-state index contributed by atoms with van der Waals surface area (Å²) in [5.74, 6) is 1.56. The first-order valence-electron chi connectivity index (χ1n) is 9.53. The number of nitrogens with one attached hydrogen (secondary N) is 1. The van der Waals surface area contributed by atoms with E-state index in [9.17, 15) is 4.79 Å². The molecule has 148 valence electrons. The monoisotopic (exact) mass is 391 g/mol. The van der Waals surface area contributed by atoms with Crippen LogP contribution in [0.25, 0.3) is 10.8 Å². The Kier molecular flexibility index (Phi) is 6.22. The number of hydrogen-bond donors (Lipinski definition) is 1. The number of aryl methyl sites for hydroxylation is 1. The van der Waals surface area contributed by atoms with Crippen LogP contribution in [0.15, 0.2) is 21.9 Å². The van der Waals surface area contributed by atoms with Gasteiger partial charge in [0.1, 0.15) is 11.4 Å². The van der Waals surface area contributed by atoms with Crippen LogP contribution in [0.4, 0.5) is 4.79 Å². The molecule has 1 fully saturated rings. The number of carbonyl (C=O) groups is 1. The SMILES string of the molecule is Cc1oc(-c2cccs2)nc1CN1CCCCC1CNC(=O)OC(C)(C)C. The number of piperidine rings is 1. The average Bonchev–Trinajstić information content (AvgIpc) is 3.23. The fourth-order valence-electron chi connectivity index (χ4n) is 3.29. The van der Waals surface area contributed by atoms with Crippen molar-refractivity contribution in [3.8, 4) is 10.8 Å². The highest BCUT2D eigenvalue weighted by Crippen LogP contribution is 2.27. The summed E-state index contributed by atoms with van der Waals surface area (Å²) in [7, 11) is 0. The van der Waals surface area contributed by atoms with Gasteiger partial charge in [-0.1, -0.05) is 12.5 Å². The van der Waals surface area contributed by atoms with Crippen molar-refractivity contribution >= 4 is 17.4 Å². The predicted molar refractivity (Wildman–Crippen MR) is 107 cm³/mol. The molecule has 0 radical (unpaired) electrons. The average molecular weight is 392 g/mol. The van der Waals surface area contributed by atoms with Gasteiger partial charge in [0.2, 0.25) is 5.89 Å². The zero-order valence-corrected chi connectivity index (χ0v) is 17.4. The van der Waals surface area contributed by atoms with E-state index in [-0.39, 0.29) is 12.1 Å². The van der Waals surface area contributed by atoms with E-state index in [1.54, 1.807) is 11.3 Å². The summed E-state index contributed by atoms with van der Waals surface area (Å²) in [5.41, 5.74) is 0.495. The topological polar surface area (TPSA) is 67.6 Å². The van der Waals surface area contributed by atoms with Crippen LogP contribution >= 0.6 is 11.3 Å². The Morgan fingerprint density at radius 2 is 2.26 bits per heavy atom. The van der Waals surface area contributed by atoms with Gasteiger partial charge in [0, 0.05) is 19.1 Å². The Morgan fingerprint density at radius 1 is 1.44 bits per heavy atom. The number of amides is 1. The summed E-state index contributed by atoms with van der Waals surface area (Å²) in [6.45, 7) is 9.91. The van der Waals surface area contributed by atoms with Crippen molar-refractivity contribution < 1.29 is 13.9 Å². The van der Waals surface area contributed by atoms with Gasteiger partial charge in [0.05, 0.1) is 10.6 Å². The maximum Gasteiger partial charge on any atom is 0.407 e. The number of ether oxygens (including phenoxy) is 1. The van der Waals surface area contributed by atoms with Gasteiger partial charge in [-0.05, 0) is 58.5 Å². The van der Waals surface area contributed by atoms with Gasteiger partial charge in [-0.3, -0.25) is 4.90 Å². The molecule has 2 aromatic rings. The number of thiophene rings is 1. The van der Waals surface area contributed by atoms with Crippen LogP contribution in [0.2, 0.25) is 0 Å². The van der Waals surface area contributed by atoms with Crippen molar-refractivity contribution in [3.05, 3.63) is 29.0 Å². The summed E-state index contributed by atoms with van der Waals surface area (Å²) in [6.07, 6.45) is 3.04. The maximum absolute atomic E-state index is 12.0. The highest BCUT2D eigenvalue weighted by molar-refractivity contribution is 7.13. The molecule has 1 aliphatic heterocycles. The fraction of sp³-hybridized carbons (Fsp3) is 0.600. The summed E-state index contributed by atoms with van der Waals surface area (Å²) in [5, 5.41) is 4.95. The van der Waals surface area contributed by atoms with Gasteiger partial charge in [0.15, 0.2) is 0 Å². The van der Waals surface area contributed by atoms with Gasteiger partial charge >= 0.3 is 6.09 Å². The van der Waals surface area contributed by atoms with E-state index < -0.39 is 5.60 Å². The Bertz CT molecular complexity index is 749. The lowest BCUT2D eigenvalue weighted by Gasteiger charge is -2.35. The molecular weight excluding hydrogens is 362 g/mol. The normalized spacial score (nSPS) is 18.4. The first-order valence-corrected chi connectivity index (χ1v) is 10.4. The zero-order chi connectivity index (χ0) is 19.4. The lowest BCUT2D eigenvalue weighted by molar-refractivity contribution is 0.0491.